The molecular formula is C13H10N8S. The Balaban J connectivity index is 1.83. The molecule has 0 bridgehead atoms. The van der Waals surface area contributed by atoms with Gasteiger partial charge in [-0.05, 0) is 24.3 Å². The first-order valence-electron chi connectivity index (χ1n) is 6.27. The lowest BCUT2D eigenvalue weighted by Crippen LogP contribution is -1.93. The first-order chi connectivity index (χ1) is 10.8. The lowest BCUT2D eigenvalue weighted by molar-refractivity contribution is 0.881. The Bertz CT molecular complexity index is 843. The Morgan fingerprint density at radius 2 is 2.27 bits per heavy atom. The molecule has 0 aliphatic heterocycles. The Morgan fingerprint density at radius 3 is 2.95 bits per heavy atom. The van der Waals surface area contributed by atoms with Gasteiger partial charge in [-0.3, -0.25) is 0 Å². The number of H-pyrrole nitrogens is 1. The third-order valence-electron chi connectivity index (χ3n) is 2.73. The van der Waals surface area contributed by atoms with Gasteiger partial charge in [-0.15, -0.1) is 20.4 Å². The number of hydrogen-bond acceptors (Lipinski definition) is 8. The van der Waals surface area contributed by atoms with Gasteiger partial charge in [0, 0.05) is 17.5 Å². The molecule has 0 radical (unpaired) electrons. The van der Waals surface area contributed by atoms with E-state index in [4.69, 9.17) is 5.26 Å². The maximum Gasteiger partial charge on any atom is 0.216 e. The summed E-state index contributed by atoms with van der Waals surface area (Å²) in [6.45, 7) is 1.91. The van der Waals surface area contributed by atoms with Crippen LogP contribution in [-0.2, 0) is 0 Å². The molecule has 0 fully saturated rings. The molecule has 2 heterocycles. The highest BCUT2D eigenvalue weighted by atomic mass is 32.1. The van der Waals surface area contributed by atoms with E-state index < -0.39 is 0 Å². The SMILES string of the molecule is Cc1nnc(-c2cccc(NC=C(C#N)c3nn[nH]n3)c2)s1. The van der Waals surface area contributed by atoms with Crippen LogP contribution < -0.4 is 5.32 Å². The van der Waals surface area contributed by atoms with Crippen LogP contribution >= 0.6 is 11.3 Å². The summed E-state index contributed by atoms with van der Waals surface area (Å²) < 4.78 is 0. The quantitative estimate of drug-likeness (QED) is 0.708. The van der Waals surface area contributed by atoms with Crippen molar-refractivity contribution < 1.29 is 0 Å². The second kappa shape index (κ2) is 6.11. The van der Waals surface area contributed by atoms with Gasteiger partial charge < -0.3 is 5.32 Å². The third kappa shape index (κ3) is 2.97. The van der Waals surface area contributed by atoms with Crippen molar-refractivity contribution in [2.45, 2.75) is 6.92 Å². The van der Waals surface area contributed by atoms with Gasteiger partial charge in [0.1, 0.15) is 21.7 Å². The van der Waals surface area contributed by atoms with Crippen molar-refractivity contribution in [2.75, 3.05) is 5.32 Å². The molecule has 9 heteroatoms. The summed E-state index contributed by atoms with van der Waals surface area (Å²) in [7, 11) is 0. The maximum absolute atomic E-state index is 9.11. The first kappa shape index (κ1) is 13.8. The van der Waals surface area contributed by atoms with Gasteiger partial charge in [-0.25, -0.2) is 0 Å². The number of nitriles is 1. The highest BCUT2D eigenvalue weighted by Crippen LogP contribution is 2.25. The molecule has 1 aromatic carbocycles. The number of aryl methyl sites for hydroxylation is 1. The number of tetrazole rings is 1. The molecule has 8 nitrogen and oxygen atoms in total. The smallest absolute Gasteiger partial charge is 0.216 e. The number of benzene rings is 1. The molecule has 0 aliphatic rings. The minimum atomic E-state index is 0.242. The molecule has 22 heavy (non-hydrogen) atoms. The maximum atomic E-state index is 9.11. The van der Waals surface area contributed by atoms with E-state index >= 15 is 0 Å². The second-order valence-electron chi connectivity index (χ2n) is 4.26. The van der Waals surface area contributed by atoms with Crippen LogP contribution in [0.2, 0.25) is 0 Å². The summed E-state index contributed by atoms with van der Waals surface area (Å²) >= 11 is 1.53. The molecule has 0 saturated heterocycles. The topological polar surface area (TPSA) is 116 Å². The van der Waals surface area contributed by atoms with Gasteiger partial charge in [0.05, 0.1) is 0 Å². The fourth-order valence-corrected chi connectivity index (χ4v) is 2.42. The highest BCUT2D eigenvalue weighted by Gasteiger charge is 2.07. The lowest BCUT2D eigenvalue weighted by atomic mass is 10.2. The van der Waals surface area contributed by atoms with Gasteiger partial charge >= 0.3 is 0 Å². The molecule has 0 unspecified atom stereocenters. The van der Waals surface area contributed by atoms with Crippen molar-refractivity contribution in [1.82, 2.24) is 30.8 Å². The zero-order chi connectivity index (χ0) is 15.4. The van der Waals surface area contributed by atoms with Gasteiger partial charge in [-0.2, -0.15) is 10.5 Å². The standard InChI is InChI=1S/C13H10N8S/c1-8-16-19-13(22-8)9-3-2-4-11(5-9)15-7-10(6-14)12-17-20-21-18-12/h2-5,7,15H,1H3,(H,17,18,20,21). The largest absolute Gasteiger partial charge is 0.360 e. The van der Waals surface area contributed by atoms with Crippen molar-refractivity contribution in [1.29, 1.82) is 5.26 Å². The molecule has 3 rings (SSSR count). The van der Waals surface area contributed by atoms with Crippen molar-refractivity contribution >= 4 is 22.6 Å². The number of hydrogen-bond donors (Lipinski definition) is 2. The molecule has 0 saturated carbocycles. The Kier molecular flexibility index (Phi) is 3.84. The van der Waals surface area contributed by atoms with E-state index in [0.29, 0.717) is 0 Å². The summed E-state index contributed by atoms with van der Waals surface area (Å²) in [6, 6.07) is 9.70. The van der Waals surface area contributed by atoms with Crippen molar-refractivity contribution in [3.05, 3.63) is 41.3 Å². The third-order valence-corrected chi connectivity index (χ3v) is 3.61. The molecular weight excluding hydrogens is 300 g/mol. The van der Waals surface area contributed by atoms with Crippen LogP contribution in [0.25, 0.3) is 16.1 Å². The summed E-state index contributed by atoms with van der Waals surface area (Å²) in [5.41, 5.74) is 2.06. The molecule has 2 N–H and O–H groups in total. The number of aromatic nitrogens is 6. The van der Waals surface area contributed by atoms with Crippen LogP contribution in [0.4, 0.5) is 5.69 Å². The molecule has 2 aromatic heterocycles. The monoisotopic (exact) mass is 310 g/mol. The number of aromatic amines is 1. The highest BCUT2D eigenvalue weighted by molar-refractivity contribution is 7.14. The van der Waals surface area contributed by atoms with Gasteiger partial charge in [0.25, 0.3) is 0 Å². The first-order valence-corrected chi connectivity index (χ1v) is 7.09. The van der Waals surface area contributed by atoms with Crippen LogP contribution in [-0.4, -0.2) is 30.8 Å². The zero-order valence-corrected chi connectivity index (χ0v) is 12.3. The number of nitrogens with zero attached hydrogens (tertiary/aromatic N) is 6. The molecule has 108 valence electrons. The van der Waals surface area contributed by atoms with E-state index in [1.54, 1.807) is 0 Å². The predicted molar refractivity (Wildman–Crippen MR) is 81.5 cm³/mol. The van der Waals surface area contributed by atoms with Gasteiger partial charge in [-0.1, -0.05) is 23.5 Å². The average molecular weight is 310 g/mol. The van der Waals surface area contributed by atoms with E-state index in [0.717, 1.165) is 21.3 Å². The summed E-state index contributed by atoms with van der Waals surface area (Å²) in [4.78, 5) is 0. The number of nitrogens with one attached hydrogen (secondary N) is 2. The molecule has 3 aromatic rings. The fraction of sp³-hybridized carbons (Fsp3) is 0.0769. The van der Waals surface area contributed by atoms with Crippen LogP contribution in [0.3, 0.4) is 0 Å². The van der Waals surface area contributed by atoms with Crippen LogP contribution in [0, 0.1) is 18.3 Å². The van der Waals surface area contributed by atoms with Crippen LogP contribution in [0.1, 0.15) is 10.8 Å². The molecule has 0 spiro atoms. The minimum absolute atomic E-state index is 0.242. The van der Waals surface area contributed by atoms with E-state index in [9.17, 15) is 0 Å². The molecule has 0 aliphatic carbocycles. The predicted octanol–water partition coefficient (Wildman–Crippen LogP) is 2.00. The second-order valence-corrected chi connectivity index (χ2v) is 5.44. The van der Waals surface area contributed by atoms with E-state index in [1.165, 1.54) is 17.5 Å². The fourth-order valence-electron chi connectivity index (χ4n) is 1.73. The van der Waals surface area contributed by atoms with Crippen LogP contribution in [0.5, 0.6) is 0 Å². The molecule has 0 amide bonds. The Labute approximate surface area is 129 Å². The number of rotatable bonds is 4. The summed E-state index contributed by atoms with van der Waals surface area (Å²) in [5.74, 6) is 0.242. The zero-order valence-electron chi connectivity index (χ0n) is 11.5. The minimum Gasteiger partial charge on any atom is -0.360 e. The summed E-state index contributed by atoms with van der Waals surface area (Å²) in [5, 5.41) is 35.4. The van der Waals surface area contributed by atoms with Gasteiger partial charge in [0.15, 0.2) is 0 Å². The lowest BCUT2D eigenvalue weighted by Gasteiger charge is -2.03. The van der Waals surface area contributed by atoms with Gasteiger partial charge in [0.2, 0.25) is 5.82 Å². The van der Waals surface area contributed by atoms with E-state index in [2.05, 4.69) is 36.1 Å². The Morgan fingerprint density at radius 1 is 1.36 bits per heavy atom. The van der Waals surface area contributed by atoms with Crippen molar-refractivity contribution in [2.24, 2.45) is 0 Å². The average Bonchev–Trinajstić information content (AvgIpc) is 3.20. The number of anilines is 1. The normalized spacial score (nSPS) is 11.2. The van der Waals surface area contributed by atoms with E-state index in [-0.39, 0.29) is 11.4 Å². The van der Waals surface area contributed by atoms with E-state index in [1.807, 2.05) is 37.3 Å². The Hall–Kier alpha value is -3.12. The number of allylic oxidation sites excluding steroid dienone is 1. The van der Waals surface area contributed by atoms with Crippen molar-refractivity contribution in [3.8, 4) is 16.6 Å². The molecule has 0 atom stereocenters. The van der Waals surface area contributed by atoms with Crippen LogP contribution in [0.15, 0.2) is 30.5 Å². The van der Waals surface area contributed by atoms with Crippen molar-refractivity contribution in [3.63, 3.8) is 0 Å². The summed E-state index contributed by atoms with van der Waals surface area (Å²) in [6.07, 6.45) is 1.54.